The lowest BCUT2D eigenvalue weighted by molar-refractivity contribution is -0.104. The van der Waals surface area contributed by atoms with Gasteiger partial charge in [-0.05, 0) is 6.08 Å². The summed E-state index contributed by atoms with van der Waals surface area (Å²) in [6.45, 7) is 0. The van der Waals surface area contributed by atoms with Gasteiger partial charge in [-0.25, -0.2) is 4.98 Å². The second-order valence-corrected chi connectivity index (χ2v) is 4.46. The van der Waals surface area contributed by atoms with Crippen molar-refractivity contribution >= 4 is 12.4 Å². The van der Waals surface area contributed by atoms with Crippen molar-refractivity contribution in [3.05, 3.63) is 72.6 Å². The Morgan fingerprint density at radius 2 is 1.48 bits per heavy atom. The summed E-state index contributed by atoms with van der Waals surface area (Å²) in [6.07, 6.45) is 3.63. The molecule has 0 atom stereocenters. The highest BCUT2D eigenvalue weighted by molar-refractivity contribution is 5.78. The molecule has 3 rings (SSSR count). The molecular formula is C18H13NO2. The summed E-state index contributed by atoms with van der Waals surface area (Å²) in [5.74, 6) is 1.12. The molecule has 0 saturated heterocycles. The molecule has 0 fully saturated rings. The number of allylic oxidation sites excluding steroid dienone is 1. The van der Waals surface area contributed by atoms with Gasteiger partial charge in [0.1, 0.15) is 12.0 Å². The highest BCUT2D eigenvalue weighted by Crippen LogP contribution is 2.32. The Kier molecular flexibility index (Phi) is 3.74. The van der Waals surface area contributed by atoms with Gasteiger partial charge in [-0.2, -0.15) is 0 Å². The van der Waals surface area contributed by atoms with Crippen molar-refractivity contribution in [1.29, 1.82) is 0 Å². The van der Waals surface area contributed by atoms with Crippen LogP contribution in [0.2, 0.25) is 0 Å². The fraction of sp³-hybridized carbons (Fsp3) is 0. The first kappa shape index (κ1) is 13.1. The molecule has 0 unspecified atom stereocenters. The van der Waals surface area contributed by atoms with Crippen LogP contribution in [0.15, 0.2) is 71.2 Å². The second kappa shape index (κ2) is 6.01. The maximum atomic E-state index is 10.5. The van der Waals surface area contributed by atoms with E-state index in [0.29, 0.717) is 17.9 Å². The van der Waals surface area contributed by atoms with Crippen molar-refractivity contribution in [2.75, 3.05) is 0 Å². The van der Waals surface area contributed by atoms with Crippen LogP contribution in [0.5, 0.6) is 0 Å². The van der Waals surface area contributed by atoms with Gasteiger partial charge >= 0.3 is 0 Å². The second-order valence-electron chi connectivity index (χ2n) is 4.46. The molecule has 0 spiro atoms. The van der Waals surface area contributed by atoms with Crippen molar-refractivity contribution in [3.63, 3.8) is 0 Å². The van der Waals surface area contributed by atoms with E-state index in [1.807, 2.05) is 60.7 Å². The minimum atomic E-state index is 0.416. The van der Waals surface area contributed by atoms with Crippen LogP contribution in [0.4, 0.5) is 0 Å². The molecule has 0 N–H and O–H groups in total. The number of rotatable bonds is 4. The quantitative estimate of drug-likeness (QED) is 0.529. The molecule has 0 aliphatic carbocycles. The van der Waals surface area contributed by atoms with Crippen molar-refractivity contribution in [1.82, 2.24) is 4.98 Å². The average Bonchev–Trinajstić information content (AvgIpc) is 2.99. The molecule has 0 saturated carbocycles. The third-order valence-corrected chi connectivity index (χ3v) is 3.04. The van der Waals surface area contributed by atoms with Crippen LogP contribution in [0.25, 0.3) is 28.7 Å². The molecule has 0 aliphatic heterocycles. The molecular weight excluding hydrogens is 262 g/mol. The molecule has 1 heterocycles. The van der Waals surface area contributed by atoms with Gasteiger partial charge in [0.05, 0.1) is 0 Å². The highest BCUT2D eigenvalue weighted by atomic mass is 16.4. The monoisotopic (exact) mass is 275 g/mol. The number of hydrogen-bond acceptors (Lipinski definition) is 3. The van der Waals surface area contributed by atoms with E-state index in [1.165, 1.54) is 6.08 Å². The summed E-state index contributed by atoms with van der Waals surface area (Å²) in [7, 11) is 0. The molecule has 0 aliphatic rings. The summed E-state index contributed by atoms with van der Waals surface area (Å²) in [6, 6.07) is 19.6. The molecule has 3 nitrogen and oxygen atoms in total. The Morgan fingerprint density at radius 3 is 2.10 bits per heavy atom. The molecule has 2 aromatic carbocycles. The molecule has 0 radical (unpaired) electrons. The van der Waals surface area contributed by atoms with Gasteiger partial charge in [0.15, 0.2) is 5.76 Å². The van der Waals surface area contributed by atoms with Gasteiger partial charge in [-0.1, -0.05) is 60.7 Å². The van der Waals surface area contributed by atoms with Gasteiger partial charge in [0.25, 0.3) is 0 Å². The van der Waals surface area contributed by atoms with E-state index in [0.717, 1.165) is 16.8 Å². The van der Waals surface area contributed by atoms with E-state index in [4.69, 9.17) is 4.42 Å². The molecule has 0 amide bonds. The van der Waals surface area contributed by atoms with Crippen LogP contribution in [-0.4, -0.2) is 11.3 Å². The molecule has 102 valence electrons. The zero-order valence-electron chi connectivity index (χ0n) is 11.3. The zero-order valence-corrected chi connectivity index (χ0v) is 11.3. The van der Waals surface area contributed by atoms with Crippen LogP contribution in [0.3, 0.4) is 0 Å². The first-order chi connectivity index (χ1) is 10.4. The van der Waals surface area contributed by atoms with Crippen LogP contribution in [-0.2, 0) is 4.79 Å². The lowest BCUT2D eigenvalue weighted by atomic mass is 10.1. The molecule has 1 aromatic heterocycles. The predicted molar refractivity (Wildman–Crippen MR) is 82.5 cm³/mol. The van der Waals surface area contributed by atoms with Crippen molar-refractivity contribution in [3.8, 4) is 22.6 Å². The topological polar surface area (TPSA) is 43.1 Å². The minimum Gasteiger partial charge on any atom is -0.436 e. The lowest BCUT2D eigenvalue weighted by Crippen LogP contribution is -1.81. The van der Waals surface area contributed by atoms with Gasteiger partial charge in [0.2, 0.25) is 5.89 Å². The maximum Gasteiger partial charge on any atom is 0.220 e. The molecule has 3 aromatic rings. The van der Waals surface area contributed by atoms with Gasteiger partial charge in [-0.15, -0.1) is 0 Å². The van der Waals surface area contributed by atoms with Gasteiger partial charge in [-0.3, -0.25) is 4.79 Å². The number of benzene rings is 2. The van der Waals surface area contributed by atoms with Gasteiger partial charge in [0, 0.05) is 17.2 Å². The first-order valence-electron chi connectivity index (χ1n) is 6.62. The Hall–Kier alpha value is -2.94. The highest BCUT2D eigenvalue weighted by Gasteiger charge is 2.15. The molecule has 3 heteroatoms. The number of hydrogen-bond donors (Lipinski definition) is 0. The van der Waals surface area contributed by atoms with Crippen LogP contribution >= 0.6 is 0 Å². The Bertz CT molecular complexity index is 701. The SMILES string of the molecule is O=CC=Cc1nc(-c2ccccc2)c(-c2ccccc2)o1. The third kappa shape index (κ3) is 2.82. The first-order valence-corrected chi connectivity index (χ1v) is 6.62. The lowest BCUT2D eigenvalue weighted by Gasteiger charge is -2.00. The van der Waals surface area contributed by atoms with E-state index >= 15 is 0 Å². The summed E-state index contributed by atoms with van der Waals surface area (Å²) < 4.78 is 5.80. The number of carbonyl (C=O) groups excluding carboxylic acids is 1. The van der Waals surface area contributed by atoms with E-state index in [1.54, 1.807) is 6.08 Å². The fourth-order valence-corrected chi connectivity index (χ4v) is 2.11. The van der Waals surface area contributed by atoms with E-state index in [9.17, 15) is 4.79 Å². The number of oxazole rings is 1. The van der Waals surface area contributed by atoms with E-state index in [-0.39, 0.29) is 0 Å². The minimum absolute atomic E-state index is 0.416. The van der Waals surface area contributed by atoms with Crippen LogP contribution in [0, 0.1) is 0 Å². The predicted octanol–water partition coefficient (Wildman–Crippen LogP) is 4.22. The Balaban J connectivity index is 2.15. The largest absolute Gasteiger partial charge is 0.436 e. The summed E-state index contributed by atoms with van der Waals surface area (Å²) in [5, 5.41) is 0. The maximum absolute atomic E-state index is 10.5. The Labute approximate surface area is 122 Å². The number of aromatic nitrogens is 1. The van der Waals surface area contributed by atoms with Crippen LogP contribution < -0.4 is 0 Å². The third-order valence-electron chi connectivity index (χ3n) is 3.04. The number of carbonyl (C=O) groups is 1. The summed E-state index contributed by atoms with van der Waals surface area (Å²) in [5.41, 5.74) is 2.70. The van der Waals surface area contributed by atoms with Crippen molar-refractivity contribution < 1.29 is 9.21 Å². The Morgan fingerprint density at radius 1 is 0.857 bits per heavy atom. The van der Waals surface area contributed by atoms with Crippen molar-refractivity contribution in [2.45, 2.75) is 0 Å². The average molecular weight is 275 g/mol. The number of nitrogens with zero attached hydrogens (tertiary/aromatic N) is 1. The standard InChI is InChI=1S/C18H13NO2/c20-13-7-12-16-19-17(14-8-3-1-4-9-14)18(21-16)15-10-5-2-6-11-15/h1-13H. The zero-order chi connectivity index (χ0) is 14.5. The van der Waals surface area contributed by atoms with Gasteiger partial charge < -0.3 is 4.42 Å². The van der Waals surface area contributed by atoms with E-state index in [2.05, 4.69) is 4.98 Å². The molecule has 0 bridgehead atoms. The summed E-state index contributed by atoms with van der Waals surface area (Å²) in [4.78, 5) is 14.9. The van der Waals surface area contributed by atoms with Crippen molar-refractivity contribution in [2.24, 2.45) is 0 Å². The number of aldehydes is 1. The molecule has 21 heavy (non-hydrogen) atoms. The fourth-order valence-electron chi connectivity index (χ4n) is 2.11. The van der Waals surface area contributed by atoms with E-state index < -0.39 is 0 Å². The van der Waals surface area contributed by atoms with Crippen LogP contribution in [0.1, 0.15) is 5.89 Å². The smallest absolute Gasteiger partial charge is 0.220 e. The summed E-state index contributed by atoms with van der Waals surface area (Å²) >= 11 is 0. The normalized spacial score (nSPS) is 10.9.